The van der Waals surface area contributed by atoms with E-state index in [0.717, 1.165) is 11.3 Å². The van der Waals surface area contributed by atoms with Gasteiger partial charge in [-0.3, -0.25) is 9.59 Å². The van der Waals surface area contributed by atoms with Crippen LogP contribution < -0.4 is 16.0 Å². The Kier molecular flexibility index (Phi) is 5.30. The van der Waals surface area contributed by atoms with Crippen molar-refractivity contribution < 1.29 is 14.3 Å². The SMILES string of the molecule is CNC1COCC1C(=O)NCc1ccc(NC(C)=O)cc1. The molecule has 2 atom stereocenters. The third-order valence-electron chi connectivity index (χ3n) is 3.53. The van der Waals surface area contributed by atoms with Crippen LogP contribution in [0, 0.1) is 5.92 Å². The molecule has 6 heteroatoms. The molecular weight excluding hydrogens is 270 g/mol. The van der Waals surface area contributed by atoms with Crippen LogP contribution in [0.3, 0.4) is 0 Å². The van der Waals surface area contributed by atoms with E-state index in [9.17, 15) is 9.59 Å². The third-order valence-corrected chi connectivity index (χ3v) is 3.53. The van der Waals surface area contributed by atoms with Crippen molar-refractivity contribution in [2.75, 3.05) is 25.6 Å². The predicted octanol–water partition coefficient (Wildman–Crippen LogP) is 0.496. The van der Waals surface area contributed by atoms with Gasteiger partial charge in [-0.25, -0.2) is 0 Å². The van der Waals surface area contributed by atoms with Crippen molar-refractivity contribution in [3.63, 3.8) is 0 Å². The van der Waals surface area contributed by atoms with Crippen molar-refractivity contribution in [3.05, 3.63) is 29.8 Å². The highest BCUT2D eigenvalue weighted by atomic mass is 16.5. The second-order valence-electron chi connectivity index (χ2n) is 5.14. The lowest BCUT2D eigenvalue weighted by Crippen LogP contribution is -2.42. The van der Waals surface area contributed by atoms with Crippen LogP contribution in [0.5, 0.6) is 0 Å². The number of carbonyl (C=O) groups is 2. The van der Waals surface area contributed by atoms with E-state index >= 15 is 0 Å². The minimum Gasteiger partial charge on any atom is -0.379 e. The molecule has 1 fully saturated rings. The van der Waals surface area contributed by atoms with Gasteiger partial charge in [0, 0.05) is 25.2 Å². The van der Waals surface area contributed by atoms with Crippen molar-refractivity contribution in [3.8, 4) is 0 Å². The van der Waals surface area contributed by atoms with Crippen LogP contribution in [-0.4, -0.2) is 38.1 Å². The second-order valence-corrected chi connectivity index (χ2v) is 5.14. The van der Waals surface area contributed by atoms with E-state index < -0.39 is 0 Å². The van der Waals surface area contributed by atoms with E-state index in [1.165, 1.54) is 6.92 Å². The summed E-state index contributed by atoms with van der Waals surface area (Å²) >= 11 is 0. The zero-order valence-electron chi connectivity index (χ0n) is 12.3. The number of anilines is 1. The fourth-order valence-corrected chi connectivity index (χ4v) is 2.33. The van der Waals surface area contributed by atoms with Crippen LogP contribution >= 0.6 is 0 Å². The Morgan fingerprint density at radius 1 is 1.24 bits per heavy atom. The molecule has 2 amide bonds. The average molecular weight is 291 g/mol. The fraction of sp³-hybridized carbons (Fsp3) is 0.467. The Morgan fingerprint density at radius 2 is 1.95 bits per heavy atom. The summed E-state index contributed by atoms with van der Waals surface area (Å²) in [4.78, 5) is 23.0. The van der Waals surface area contributed by atoms with Gasteiger partial charge in [-0.1, -0.05) is 12.1 Å². The van der Waals surface area contributed by atoms with Gasteiger partial charge in [0.25, 0.3) is 0 Å². The molecule has 6 nitrogen and oxygen atoms in total. The van der Waals surface area contributed by atoms with E-state index in [1.807, 2.05) is 31.3 Å². The standard InChI is InChI=1S/C15H21N3O3/c1-10(19)18-12-5-3-11(4-6-12)7-17-15(20)13-8-21-9-14(13)16-2/h3-6,13-14,16H,7-9H2,1-2H3,(H,17,20)(H,18,19). The molecule has 0 radical (unpaired) electrons. The first-order valence-corrected chi connectivity index (χ1v) is 6.99. The molecule has 2 rings (SSSR count). The van der Waals surface area contributed by atoms with Crippen molar-refractivity contribution in [2.45, 2.75) is 19.5 Å². The monoisotopic (exact) mass is 291 g/mol. The van der Waals surface area contributed by atoms with Crippen LogP contribution in [0.2, 0.25) is 0 Å². The largest absolute Gasteiger partial charge is 0.379 e. The number of hydrogen-bond donors (Lipinski definition) is 3. The number of likely N-dealkylation sites (N-methyl/N-ethyl adjacent to an activating group) is 1. The Labute approximate surface area is 124 Å². The summed E-state index contributed by atoms with van der Waals surface area (Å²) in [6, 6.07) is 7.47. The maximum Gasteiger partial charge on any atom is 0.227 e. The molecule has 114 valence electrons. The molecule has 21 heavy (non-hydrogen) atoms. The number of ether oxygens (including phenoxy) is 1. The van der Waals surface area contributed by atoms with Gasteiger partial charge < -0.3 is 20.7 Å². The van der Waals surface area contributed by atoms with Gasteiger partial charge in [-0.2, -0.15) is 0 Å². The molecule has 2 unspecified atom stereocenters. The molecule has 1 aliphatic rings. The van der Waals surface area contributed by atoms with Crippen LogP contribution in [0.1, 0.15) is 12.5 Å². The molecule has 0 aromatic heterocycles. The van der Waals surface area contributed by atoms with Gasteiger partial charge in [0.2, 0.25) is 11.8 Å². The highest BCUT2D eigenvalue weighted by Gasteiger charge is 2.32. The number of carbonyl (C=O) groups excluding carboxylic acids is 2. The lowest BCUT2D eigenvalue weighted by atomic mass is 10.0. The summed E-state index contributed by atoms with van der Waals surface area (Å²) in [5, 5.41) is 8.72. The summed E-state index contributed by atoms with van der Waals surface area (Å²) in [6.07, 6.45) is 0. The quantitative estimate of drug-likeness (QED) is 0.738. The number of hydrogen-bond acceptors (Lipinski definition) is 4. The fourth-order valence-electron chi connectivity index (χ4n) is 2.33. The first-order valence-electron chi connectivity index (χ1n) is 6.99. The molecule has 1 aliphatic heterocycles. The summed E-state index contributed by atoms with van der Waals surface area (Å²) < 4.78 is 5.32. The highest BCUT2D eigenvalue weighted by molar-refractivity contribution is 5.88. The summed E-state index contributed by atoms with van der Waals surface area (Å²) in [5.41, 5.74) is 1.73. The molecule has 0 saturated carbocycles. The lowest BCUT2D eigenvalue weighted by Gasteiger charge is -2.16. The van der Waals surface area contributed by atoms with E-state index in [1.54, 1.807) is 0 Å². The second kappa shape index (κ2) is 7.19. The highest BCUT2D eigenvalue weighted by Crippen LogP contribution is 2.14. The number of nitrogens with one attached hydrogen (secondary N) is 3. The summed E-state index contributed by atoms with van der Waals surface area (Å²) in [7, 11) is 1.83. The molecule has 0 bridgehead atoms. The Balaban J connectivity index is 1.85. The van der Waals surface area contributed by atoms with Gasteiger partial charge in [-0.15, -0.1) is 0 Å². The zero-order chi connectivity index (χ0) is 15.2. The smallest absolute Gasteiger partial charge is 0.227 e. The van der Waals surface area contributed by atoms with Gasteiger partial charge in [-0.05, 0) is 24.7 Å². The van der Waals surface area contributed by atoms with Gasteiger partial charge >= 0.3 is 0 Å². The maximum absolute atomic E-state index is 12.1. The average Bonchev–Trinajstić information content (AvgIpc) is 2.94. The van der Waals surface area contributed by atoms with Gasteiger partial charge in [0.05, 0.1) is 19.1 Å². The van der Waals surface area contributed by atoms with Crippen LogP contribution in [-0.2, 0) is 20.9 Å². The Morgan fingerprint density at radius 3 is 2.57 bits per heavy atom. The maximum atomic E-state index is 12.1. The minimum absolute atomic E-state index is 0.00205. The molecule has 1 aromatic carbocycles. The van der Waals surface area contributed by atoms with E-state index in [4.69, 9.17) is 4.74 Å². The summed E-state index contributed by atoms with van der Waals surface area (Å²) in [5.74, 6) is -0.248. The molecule has 0 aliphatic carbocycles. The number of benzene rings is 1. The van der Waals surface area contributed by atoms with E-state index in [-0.39, 0.29) is 23.8 Å². The van der Waals surface area contributed by atoms with Crippen molar-refractivity contribution in [2.24, 2.45) is 5.92 Å². The zero-order valence-corrected chi connectivity index (χ0v) is 12.3. The molecule has 1 saturated heterocycles. The van der Waals surface area contributed by atoms with E-state index in [0.29, 0.717) is 19.8 Å². The predicted molar refractivity (Wildman–Crippen MR) is 79.7 cm³/mol. The molecule has 3 N–H and O–H groups in total. The Bertz CT molecular complexity index is 501. The number of amides is 2. The van der Waals surface area contributed by atoms with Crippen LogP contribution in [0.4, 0.5) is 5.69 Å². The van der Waals surface area contributed by atoms with Crippen molar-refractivity contribution >= 4 is 17.5 Å². The molecular formula is C15H21N3O3. The number of rotatable bonds is 5. The minimum atomic E-state index is -0.145. The lowest BCUT2D eigenvalue weighted by molar-refractivity contribution is -0.125. The van der Waals surface area contributed by atoms with Gasteiger partial charge in [0.1, 0.15) is 0 Å². The normalized spacial score (nSPS) is 21.0. The molecule has 0 spiro atoms. The van der Waals surface area contributed by atoms with Crippen molar-refractivity contribution in [1.82, 2.24) is 10.6 Å². The third kappa shape index (κ3) is 4.27. The van der Waals surface area contributed by atoms with Crippen molar-refractivity contribution in [1.29, 1.82) is 0 Å². The topological polar surface area (TPSA) is 79.5 Å². The van der Waals surface area contributed by atoms with Crippen LogP contribution in [0.15, 0.2) is 24.3 Å². The first-order chi connectivity index (χ1) is 10.1. The Hall–Kier alpha value is -1.92. The van der Waals surface area contributed by atoms with Crippen LogP contribution in [0.25, 0.3) is 0 Å². The molecule has 1 heterocycles. The molecule has 1 aromatic rings. The first kappa shape index (κ1) is 15.5. The van der Waals surface area contributed by atoms with E-state index in [2.05, 4.69) is 16.0 Å². The summed E-state index contributed by atoms with van der Waals surface area (Å²) in [6.45, 7) is 2.96. The van der Waals surface area contributed by atoms with Gasteiger partial charge in [0.15, 0.2) is 0 Å².